The van der Waals surface area contributed by atoms with Gasteiger partial charge < -0.3 is 15.8 Å². The van der Waals surface area contributed by atoms with Crippen LogP contribution in [0.2, 0.25) is 0 Å². The first-order chi connectivity index (χ1) is 13.2. The Labute approximate surface area is 156 Å². The maximum atomic E-state index is 14.7. The molecule has 138 valence electrons. The minimum atomic E-state index is -0.386. The lowest BCUT2D eigenvalue weighted by Gasteiger charge is -2.24. The summed E-state index contributed by atoms with van der Waals surface area (Å²) in [5.41, 5.74) is 7.82. The van der Waals surface area contributed by atoms with Crippen LogP contribution in [0, 0.1) is 5.82 Å². The van der Waals surface area contributed by atoms with Gasteiger partial charge in [-0.3, -0.25) is 4.98 Å². The summed E-state index contributed by atoms with van der Waals surface area (Å²) >= 11 is 0. The monoisotopic (exact) mass is 365 g/mol. The summed E-state index contributed by atoms with van der Waals surface area (Å²) < 4.78 is 20.8. The Balaban J connectivity index is 1.64. The highest BCUT2D eigenvalue weighted by molar-refractivity contribution is 5.72. The van der Waals surface area contributed by atoms with Crippen molar-refractivity contribution >= 4 is 5.82 Å². The molecule has 7 heteroatoms. The normalized spacial score (nSPS) is 14.9. The molecule has 0 spiro atoms. The minimum absolute atomic E-state index is 0.120. The highest BCUT2D eigenvalue weighted by atomic mass is 19.1. The van der Waals surface area contributed by atoms with Crippen molar-refractivity contribution in [3.8, 4) is 28.3 Å². The molecule has 1 fully saturated rings. The van der Waals surface area contributed by atoms with E-state index in [0.29, 0.717) is 28.5 Å². The molecular formula is C20H20FN5O. The van der Waals surface area contributed by atoms with Gasteiger partial charge in [-0.2, -0.15) is 0 Å². The smallest absolute Gasteiger partial charge is 0.221 e. The van der Waals surface area contributed by atoms with Crippen LogP contribution in [0.1, 0.15) is 12.8 Å². The van der Waals surface area contributed by atoms with E-state index < -0.39 is 0 Å². The van der Waals surface area contributed by atoms with Crippen molar-refractivity contribution in [1.29, 1.82) is 0 Å². The Bertz CT molecular complexity index is 926. The fourth-order valence-electron chi connectivity index (χ4n) is 3.14. The first kappa shape index (κ1) is 17.4. The van der Waals surface area contributed by atoms with Gasteiger partial charge in [0.1, 0.15) is 17.7 Å². The molecule has 2 aromatic heterocycles. The summed E-state index contributed by atoms with van der Waals surface area (Å²) in [5, 5.41) is 3.31. The molecule has 1 aromatic carbocycles. The standard InChI is InChI=1S/C20H20FN5O/c21-17-10-13(3-4-16(17)18-11-26-19(22)12-25-18)15-2-1-7-24-20(15)27-14-5-8-23-9-6-14/h1-4,7,10-12,14,23H,5-6,8-9H2,(H2,22,26). The first-order valence-corrected chi connectivity index (χ1v) is 8.91. The summed E-state index contributed by atoms with van der Waals surface area (Å²) in [4.78, 5) is 12.5. The second kappa shape index (κ2) is 7.67. The zero-order valence-electron chi connectivity index (χ0n) is 14.7. The van der Waals surface area contributed by atoms with Crippen molar-refractivity contribution < 1.29 is 9.13 Å². The number of aromatic nitrogens is 3. The topological polar surface area (TPSA) is 86.0 Å². The number of hydrogen-bond donors (Lipinski definition) is 2. The Morgan fingerprint density at radius 2 is 1.89 bits per heavy atom. The Kier molecular flexibility index (Phi) is 4.93. The van der Waals surface area contributed by atoms with Gasteiger partial charge in [-0.1, -0.05) is 6.07 Å². The molecule has 27 heavy (non-hydrogen) atoms. The third-order valence-electron chi connectivity index (χ3n) is 4.56. The fourth-order valence-corrected chi connectivity index (χ4v) is 3.14. The molecule has 3 heterocycles. The summed E-state index contributed by atoms with van der Waals surface area (Å²) in [7, 11) is 0. The fraction of sp³-hybridized carbons (Fsp3) is 0.250. The number of piperidine rings is 1. The summed E-state index contributed by atoms with van der Waals surface area (Å²) in [6.07, 6.45) is 6.54. The van der Waals surface area contributed by atoms with E-state index in [9.17, 15) is 4.39 Å². The van der Waals surface area contributed by atoms with Crippen molar-refractivity contribution in [2.24, 2.45) is 0 Å². The molecule has 3 N–H and O–H groups in total. The number of pyridine rings is 1. The molecule has 0 atom stereocenters. The number of benzene rings is 1. The van der Waals surface area contributed by atoms with Crippen LogP contribution in [0.25, 0.3) is 22.4 Å². The van der Waals surface area contributed by atoms with E-state index in [1.165, 1.54) is 18.5 Å². The molecule has 4 rings (SSSR count). The van der Waals surface area contributed by atoms with Crippen LogP contribution < -0.4 is 15.8 Å². The maximum absolute atomic E-state index is 14.7. The molecule has 0 aliphatic carbocycles. The zero-order chi connectivity index (χ0) is 18.6. The van der Waals surface area contributed by atoms with E-state index in [4.69, 9.17) is 10.5 Å². The second-order valence-corrected chi connectivity index (χ2v) is 6.44. The Morgan fingerprint density at radius 1 is 1.04 bits per heavy atom. The quantitative estimate of drug-likeness (QED) is 0.739. The predicted octanol–water partition coefficient (Wildman–Crippen LogP) is 3.06. The number of anilines is 1. The SMILES string of the molecule is Nc1cnc(-c2ccc(-c3cccnc3OC3CCNCC3)cc2F)cn1. The molecule has 0 radical (unpaired) electrons. The van der Waals surface area contributed by atoms with Gasteiger partial charge in [-0.25, -0.2) is 14.4 Å². The Hall–Kier alpha value is -3.06. The number of ether oxygens (including phenoxy) is 1. The molecule has 1 aliphatic heterocycles. The largest absolute Gasteiger partial charge is 0.474 e. The van der Waals surface area contributed by atoms with Gasteiger partial charge in [0, 0.05) is 17.3 Å². The lowest BCUT2D eigenvalue weighted by molar-refractivity contribution is 0.157. The van der Waals surface area contributed by atoms with E-state index in [1.807, 2.05) is 18.2 Å². The van der Waals surface area contributed by atoms with E-state index in [2.05, 4.69) is 20.3 Å². The van der Waals surface area contributed by atoms with Crippen molar-refractivity contribution in [1.82, 2.24) is 20.3 Å². The third kappa shape index (κ3) is 3.88. The van der Waals surface area contributed by atoms with E-state index in [-0.39, 0.29) is 11.9 Å². The van der Waals surface area contributed by atoms with Crippen LogP contribution in [-0.2, 0) is 0 Å². The van der Waals surface area contributed by atoms with Crippen LogP contribution in [-0.4, -0.2) is 34.1 Å². The summed E-state index contributed by atoms with van der Waals surface area (Å²) in [6, 6.07) is 8.71. The zero-order valence-corrected chi connectivity index (χ0v) is 14.7. The molecule has 1 aliphatic rings. The number of nitrogens with one attached hydrogen (secondary N) is 1. The van der Waals surface area contributed by atoms with Crippen LogP contribution in [0.15, 0.2) is 48.9 Å². The lowest BCUT2D eigenvalue weighted by Crippen LogP contribution is -2.34. The van der Waals surface area contributed by atoms with Gasteiger partial charge in [-0.05, 0) is 55.8 Å². The van der Waals surface area contributed by atoms with Gasteiger partial charge in [0.15, 0.2) is 0 Å². The first-order valence-electron chi connectivity index (χ1n) is 8.91. The summed E-state index contributed by atoms with van der Waals surface area (Å²) in [6.45, 7) is 1.86. The van der Waals surface area contributed by atoms with Crippen molar-refractivity contribution in [3.63, 3.8) is 0 Å². The van der Waals surface area contributed by atoms with Crippen LogP contribution in [0.3, 0.4) is 0 Å². The highest BCUT2D eigenvalue weighted by Crippen LogP contribution is 2.32. The van der Waals surface area contributed by atoms with Crippen LogP contribution >= 0.6 is 0 Å². The summed E-state index contributed by atoms with van der Waals surface area (Å²) in [5.74, 6) is 0.443. The highest BCUT2D eigenvalue weighted by Gasteiger charge is 2.18. The lowest BCUT2D eigenvalue weighted by atomic mass is 10.0. The molecule has 0 saturated carbocycles. The van der Waals surface area contributed by atoms with Crippen molar-refractivity contribution in [3.05, 3.63) is 54.7 Å². The van der Waals surface area contributed by atoms with Gasteiger partial charge >= 0.3 is 0 Å². The number of rotatable bonds is 4. The predicted molar refractivity (Wildman–Crippen MR) is 102 cm³/mol. The number of halogens is 1. The van der Waals surface area contributed by atoms with Gasteiger partial charge in [0.25, 0.3) is 0 Å². The Morgan fingerprint density at radius 3 is 2.63 bits per heavy atom. The van der Waals surface area contributed by atoms with E-state index in [0.717, 1.165) is 31.5 Å². The van der Waals surface area contributed by atoms with Crippen LogP contribution in [0.4, 0.5) is 10.2 Å². The van der Waals surface area contributed by atoms with Gasteiger partial charge in [0.05, 0.1) is 18.1 Å². The van der Waals surface area contributed by atoms with Gasteiger partial charge in [-0.15, -0.1) is 0 Å². The molecule has 1 saturated heterocycles. The molecule has 3 aromatic rings. The number of nitrogens with zero attached hydrogens (tertiary/aromatic N) is 3. The number of nitrogens with two attached hydrogens (primary N) is 1. The van der Waals surface area contributed by atoms with Crippen LogP contribution in [0.5, 0.6) is 5.88 Å². The van der Waals surface area contributed by atoms with Crippen molar-refractivity contribution in [2.75, 3.05) is 18.8 Å². The third-order valence-corrected chi connectivity index (χ3v) is 4.56. The number of hydrogen-bond acceptors (Lipinski definition) is 6. The second-order valence-electron chi connectivity index (χ2n) is 6.44. The average Bonchev–Trinajstić information content (AvgIpc) is 2.70. The van der Waals surface area contributed by atoms with Crippen molar-refractivity contribution in [2.45, 2.75) is 18.9 Å². The molecule has 0 unspecified atom stereocenters. The molecular weight excluding hydrogens is 345 g/mol. The van der Waals surface area contributed by atoms with E-state index in [1.54, 1.807) is 12.3 Å². The number of nitrogen functional groups attached to an aromatic ring is 1. The minimum Gasteiger partial charge on any atom is -0.474 e. The molecule has 0 bridgehead atoms. The molecule has 0 amide bonds. The van der Waals surface area contributed by atoms with Gasteiger partial charge in [0.2, 0.25) is 5.88 Å². The maximum Gasteiger partial charge on any atom is 0.221 e. The average molecular weight is 365 g/mol. The molecule has 6 nitrogen and oxygen atoms in total. The van der Waals surface area contributed by atoms with E-state index >= 15 is 0 Å².